The largest absolute Gasteiger partial charge is 0.488 e. The summed E-state index contributed by atoms with van der Waals surface area (Å²) in [6.07, 6.45) is 0.530. The number of hydrogen-bond acceptors (Lipinski definition) is 8. The number of carbonyl (C=O) groups excluding carboxylic acids is 2. The van der Waals surface area contributed by atoms with Gasteiger partial charge in [0.25, 0.3) is 5.91 Å². The Hall–Kier alpha value is -2.95. The fourth-order valence-corrected chi connectivity index (χ4v) is 4.54. The van der Waals surface area contributed by atoms with Crippen molar-refractivity contribution in [1.82, 2.24) is 15.2 Å². The zero-order valence-corrected chi connectivity index (χ0v) is 19.4. The molecule has 0 saturated carbocycles. The van der Waals surface area contributed by atoms with Gasteiger partial charge in [0.2, 0.25) is 5.91 Å². The van der Waals surface area contributed by atoms with E-state index in [1.165, 1.54) is 11.3 Å². The third-order valence-electron chi connectivity index (χ3n) is 5.62. The Morgan fingerprint density at radius 1 is 1.36 bits per heavy atom. The molecule has 1 saturated heterocycles. The SMILES string of the molecule is Cc1ncsc1COc1ccc2oc(C)c(C(=O)NC3CCN(CCOCCO)C3=O)c2c1. The highest BCUT2D eigenvalue weighted by Crippen LogP contribution is 2.30. The number of rotatable bonds is 10. The van der Waals surface area contributed by atoms with Crippen LogP contribution >= 0.6 is 11.3 Å². The molecule has 10 heteroatoms. The van der Waals surface area contributed by atoms with Gasteiger partial charge < -0.3 is 29.2 Å². The van der Waals surface area contributed by atoms with E-state index in [0.717, 1.165) is 10.6 Å². The molecule has 0 radical (unpaired) electrons. The smallest absolute Gasteiger partial charge is 0.256 e. The molecule has 3 aromatic rings. The van der Waals surface area contributed by atoms with Gasteiger partial charge in [-0.05, 0) is 38.5 Å². The van der Waals surface area contributed by atoms with Crippen molar-refractivity contribution in [2.75, 3.05) is 32.9 Å². The number of aromatic nitrogens is 1. The van der Waals surface area contributed by atoms with Crippen LogP contribution in [0.15, 0.2) is 28.1 Å². The van der Waals surface area contributed by atoms with Crippen LogP contribution in [-0.4, -0.2) is 65.8 Å². The third kappa shape index (κ3) is 5.18. The number of thiazole rings is 1. The minimum atomic E-state index is -0.589. The molecule has 1 aliphatic rings. The van der Waals surface area contributed by atoms with Gasteiger partial charge in [-0.15, -0.1) is 11.3 Å². The summed E-state index contributed by atoms with van der Waals surface area (Å²) in [5.74, 6) is 0.623. The second kappa shape index (κ2) is 10.3. The van der Waals surface area contributed by atoms with E-state index in [0.29, 0.717) is 60.8 Å². The molecule has 1 aromatic carbocycles. The Kier molecular flexibility index (Phi) is 7.26. The van der Waals surface area contributed by atoms with Crippen LogP contribution in [0.3, 0.4) is 0 Å². The van der Waals surface area contributed by atoms with Crippen LogP contribution < -0.4 is 10.1 Å². The lowest BCUT2D eigenvalue weighted by Crippen LogP contribution is -2.42. The van der Waals surface area contributed by atoms with Gasteiger partial charge in [0.1, 0.15) is 29.7 Å². The van der Waals surface area contributed by atoms with Crippen molar-refractivity contribution in [2.45, 2.75) is 32.9 Å². The molecule has 33 heavy (non-hydrogen) atoms. The molecule has 3 heterocycles. The predicted octanol–water partition coefficient (Wildman–Crippen LogP) is 2.42. The van der Waals surface area contributed by atoms with E-state index in [1.54, 1.807) is 35.5 Å². The predicted molar refractivity (Wildman–Crippen MR) is 122 cm³/mol. The van der Waals surface area contributed by atoms with Crippen LogP contribution in [-0.2, 0) is 16.1 Å². The van der Waals surface area contributed by atoms with Gasteiger partial charge in [0.15, 0.2) is 0 Å². The summed E-state index contributed by atoms with van der Waals surface area (Å²) in [6, 6.07) is 4.79. The molecule has 0 spiro atoms. The van der Waals surface area contributed by atoms with E-state index in [-0.39, 0.29) is 25.0 Å². The Morgan fingerprint density at radius 2 is 2.21 bits per heavy atom. The highest BCUT2D eigenvalue weighted by Gasteiger charge is 2.33. The molecule has 2 amide bonds. The number of ether oxygens (including phenoxy) is 2. The number of likely N-dealkylation sites (tertiary alicyclic amines) is 1. The molecule has 4 rings (SSSR count). The number of nitrogens with zero attached hydrogens (tertiary/aromatic N) is 2. The zero-order valence-electron chi connectivity index (χ0n) is 18.6. The number of amides is 2. The normalized spacial score (nSPS) is 16.0. The van der Waals surface area contributed by atoms with Crippen LogP contribution in [0.1, 0.15) is 33.1 Å². The lowest BCUT2D eigenvalue weighted by molar-refractivity contribution is -0.129. The fourth-order valence-electron chi connectivity index (χ4n) is 3.85. The van der Waals surface area contributed by atoms with Gasteiger partial charge in [-0.1, -0.05) is 0 Å². The first-order valence-corrected chi connectivity index (χ1v) is 11.7. The first-order valence-electron chi connectivity index (χ1n) is 10.8. The highest BCUT2D eigenvalue weighted by atomic mass is 32.1. The number of carbonyl (C=O) groups is 2. The van der Waals surface area contributed by atoms with E-state index in [4.69, 9.17) is 19.0 Å². The molecule has 176 valence electrons. The Labute approximate surface area is 195 Å². The number of furan rings is 1. The molecule has 9 nitrogen and oxygen atoms in total. The van der Waals surface area contributed by atoms with Crippen LogP contribution in [0.5, 0.6) is 5.75 Å². The van der Waals surface area contributed by atoms with Crippen molar-refractivity contribution in [2.24, 2.45) is 0 Å². The summed E-state index contributed by atoms with van der Waals surface area (Å²) >= 11 is 1.54. The minimum absolute atomic E-state index is 0.0533. The molecule has 2 aromatic heterocycles. The van der Waals surface area contributed by atoms with Crippen molar-refractivity contribution in [3.8, 4) is 5.75 Å². The van der Waals surface area contributed by atoms with E-state index >= 15 is 0 Å². The first kappa shape index (κ1) is 23.2. The molecule has 1 atom stereocenters. The maximum atomic E-state index is 13.1. The van der Waals surface area contributed by atoms with Gasteiger partial charge in [-0.3, -0.25) is 9.59 Å². The quantitative estimate of drug-likeness (QED) is 0.435. The minimum Gasteiger partial charge on any atom is -0.488 e. The molecular formula is C23H27N3O6S. The number of nitrogens with one attached hydrogen (secondary N) is 1. The lowest BCUT2D eigenvalue weighted by Gasteiger charge is -2.17. The summed E-state index contributed by atoms with van der Waals surface area (Å²) in [7, 11) is 0. The second-order valence-corrected chi connectivity index (χ2v) is 8.76. The van der Waals surface area contributed by atoms with Gasteiger partial charge in [-0.25, -0.2) is 4.98 Å². The average molecular weight is 474 g/mol. The second-order valence-electron chi connectivity index (χ2n) is 7.82. The number of benzene rings is 1. The number of aliphatic hydroxyl groups excluding tert-OH is 1. The molecular weight excluding hydrogens is 446 g/mol. The molecule has 0 bridgehead atoms. The van der Waals surface area contributed by atoms with Crippen molar-refractivity contribution >= 4 is 34.1 Å². The molecule has 1 fully saturated rings. The van der Waals surface area contributed by atoms with Crippen LogP contribution in [0, 0.1) is 13.8 Å². The van der Waals surface area contributed by atoms with Crippen LogP contribution in [0.4, 0.5) is 0 Å². The monoisotopic (exact) mass is 473 g/mol. The molecule has 2 N–H and O–H groups in total. The van der Waals surface area contributed by atoms with Gasteiger partial charge in [-0.2, -0.15) is 0 Å². The van der Waals surface area contributed by atoms with E-state index in [1.807, 2.05) is 6.92 Å². The van der Waals surface area contributed by atoms with Crippen molar-refractivity contribution in [1.29, 1.82) is 0 Å². The van der Waals surface area contributed by atoms with E-state index in [2.05, 4.69) is 10.3 Å². The summed E-state index contributed by atoms with van der Waals surface area (Å²) in [5.41, 5.74) is 3.71. The number of aliphatic hydroxyl groups is 1. The van der Waals surface area contributed by atoms with Crippen molar-refractivity contribution in [3.63, 3.8) is 0 Å². The number of hydrogen-bond donors (Lipinski definition) is 2. The van der Waals surface area contributed by atoms with E-state index < -0.39 is 6.04 Å². The fraction of sp³-hybridized carbons (Fsp3) is 0.435. The summed E-state index contributed by atoms with van der Waals surface area (Å²) in [5, 5.41) is 12.3. The molecule has 1 aliphatic heterocycles. The van der Waals surface area contributed by atoms with Gasteiger partial charge in [0.05, 0.1) is 41.5 Å². The van der Waals surface area contributed by atoms with Gasteiger partial charge >= 0.3 is 0 Å². The maximum absolute atomic E-state index is 13.1. The van der Waals surface area contributed by atoms with Gasteiger partial charge in [0, 0.05) is 18.5 Å². The van der Waals surface area contributed by atoms with Crippen LogP contribution in [0.2, 0.25) is 0 Å². The Bertz CT molecular complexity index is 1140. The molecule has 0 aliphatic carbocycles. The number of aryl methyl sites for hydroxylation is 2. The topological polar surface area (TPSA) is 114 Å². The number of fused-ring (bicyclic) bond motifs is 1. The highest BCUT2D eigenvalue weighted by molar-refractivity contribution is 7.09. The summed E-state index contributed by atoms with van der Waals surface area (Å²) < 4.78 is 16.9. The van der Waals surface area contributed by atoms with Crippen molar-refractivity contribution in [3.05, 3.63) is 45.6 Å². The zero-order chi connectivity index (χ0) is 23.4. The van der Waals surface area contributed by atoms with E-state index in [9.17, 15) is 9.59 Å². The Morgan fingerprint density at radius 3 is 2.97 bits per heavy atom. The lowest BCUT2D eigenvalue weighted by atomic mass is 10.1. The van der Waals surface area contributed by atoms with Crippen LogP contribution in [0.25, 0.3) is 11.0 Å². The third-order valence-corrected chi connectivity index (χ3v) is 6.53. The standard InChI is InChI=1S/C23H27N3O6S/c1-14-20(33-13-24-14)12-31-16-3-4-19-17(11-16)21(15(2)32-19)22(28)25-18-5-6-26(23(18)29)7-9-30-10-8-27/h3-4,11,13,18,27H,5-10,12H2,1-2H3,(H,25,28). The Balaban J connectivity index is 1.43. The summed E-state index contributed by atoms with van der Waals surface area (Å²) in [4.78, 5) is 32.7. The summed E-state index contributed by atoms with van der Waals surface area (Å²) in [6.45, 7) is 5.58. The van der Waals surface area contributed by atoms with Crippen molar-refractivity contribution < 1.29 is 28.6 Å². The average Bonchev–Trinajstić information content (AvgIpc) is 3.46. The first-order chi connectivity index (χ1) is 16.0. The molecule has 1 unspecified atom stereocenters. The maximum Gasteiger partial charge on any atom is 0.256 e.